The van der Waals surface area contributed by atoms with Gasteiger partial charge in [-0.3, -0.25) is 0 Å². The number of benzene rings is 2. The number of nitrogens with zero attached hydrogens (tertiary/aromatic N) is 1. The predicted molar refractivity (Wildman–Crippen MR) is 85.4 cm³/mol. The minimum absolute atomic E-state index is 0.0652. The third kappa shape index (κ3) is 3.92. The Kier molecular flexibility index (Phi) is 5.32. The van der Waals surface area contributed by atoms with Gasteiger partial charge < -0.3 is 10.9 Å². The molecule has 5 heteroatoms. The Morgan fingerprint density at radius 3 is 2.55 bits per heavy atom. The molecular formula is C15H15ClN2OS. The summed E-state index contributed by atoms with van der Waals surface area (Å²) in [5.74, 6) is 1.83. The van der Waals surface area contributed by atoms with E-state index in [1.165, 1.54) is 5.56 Å². The fourth-order valence-corrected chi connectivity index (χ4v) is 3.06. The molecule has 0 unspecified atom stereocenters. The van der Waals surface area contributed by atoms with Gasteiger partial charge in [-0.1, -0.05) is 59.2 Å². The highest BCUT2D eigenvalue weighted by Crippen LogP contribution is 2.24. The van der Waals surface area contributed by atoms with Crippen LogP contribution in [0.15, 0.2) is 53.7 Å². The summed E-state index contributed by atoms with van der Waals surface area (Å²) in [6, 6.07) is 15.7. The zero-order valence-corrected chi connectivity index (χ0v) is 12.4. The number of oxime groups is 1. The molecule has 0 saturated carbocycles. The van der Waals surface area contributed by atoms with E-state index in [1.54, 1.807) is 23.9 Å². The second-order valence-electron chi connectivity index (χ2n) is 4.27. The van der Waals surface area contributed by atoms with E-state index in [-0.39, 0.29) is 5.84 Å². The first-order valence-electron chi connectivity index (χ1n) is 6.08. The SMILES string of the molecule is N/C(=N/O)c1ccc(CSCc2ccccc2)c(Cl)c1. The van der Waals surface area contributed by atoms with Gasteiger partial charge in [0, 0.05) is 22.1 Å². The van der Waals surface area contributed by atoms with Crippen molar-refractivity contribution in [3.05, 3.63) is 70.2 Å². The van der Waals surface area contributed by atoms with E-state index in [2.05, 4.69) is 17.3 Å². The van der Waals surface area contributed by atoms with Crippen LogP contribution in [0.25, 0.3) is 0 Å². The Labute approximate surface area is 127 Å². The molecule has 0 aliphatic heterocycles. The zero-order valence-electron chi connectivity index (χ0n) is 10.8. The molecule has 3 N–H and O–H groups in total. The molecule has 0 saturated heterocycles. The van der Waals surface area contributed by atoms with Crippen LogP contribution < -0.4 is 5.73 Å². The van der Waals surface area contributed by atoms with E-state index < -0.39 is 0 Å². The van der Waals surface area contributed by atoms with Gasteiger partial charge in [0.1, 0.15) is 0 Å². The quantitative estimate of drug-likeness (QED) is 0.381. The van der Waals surface area contributed by atoms with E-state index in [0.29, 0.717) is 10.6 Å². The number of hydrogen-bond donors (Lipinski definition) is 2. The van der Waals surface area contributed by atoms with Crippen molar-refractivity contribution in [3.63, 3.8) is 0 Å². The third-order valence-corrected chi connectivity index (χ3v) is 4.23. The van der Waals surface area contributed by atoms with Gasteiger partial charge in [0.25, 0.3) is 0 Å². The minimum Gasteiger partial charge on any atom is -0.409 e. The van der Waals surface area contributed by atoms with Crippen LogP contribution in [0.5, 0.6) is 0 Å². The first-order chi connectivity index (χ1) is 9.70. The fraction of sp³-hybridized carbons (Fsp3) is 0.133. The molecule has 20 heavy (non-hydrogen) atoms. The summed E-state index contributed by atoms with van der Waals surface area (Å²) in [6.07, 6.45) is 0. The van der Waals surface area contributed by atoms with Crippen molar-refractivity contribution in [2.45, 2.75) is 11.5 Å². The molecule has 0 atom stereocenters. The maximum atomic E-state index is 8.63. The normalized spacial score (nSPS) is 11.6. The van der Waals surface area contributed by atoms with Crippen molar-refractivity contribution in [2.75, 3.05) is 0 Å². The van der Waals surface area contributed by atoms with Gasteiger partial charge in [-0.25, -0.2) is 0 Å². The summed E-state index contributed by atoms with van der Waals surface area (Å²) in [5, 5.41) is 12.2. The van der Waals surface area contributed by atoms with Gasteiger partial charge in [-0.2, -0.15) is 11.8 Å². The van der Waals surface area contributed by atoms with E-state index in [4.69, 9.17) is 22.5 Å². The van der Waals surface area contributed by atoms with Gasteiger partial charge in [0.2, 0.25) is 0 Å². The van der Waals surface area contributed by atoms with Crippen LogP contribution in [0.1, 0.15) is 16.7 Å². The van der Waals surface area contributed by atoms with E-state index in [0.717, 1.165) is 17.1 Å². The summed E-state index contributed by atoms with van der Waals surface area (Å²) in [6.45, 7) is 0. The largest absolute Gasteiger partial charge is 0.409 e. The smallest absolute Gasteiger partial charge is 0.170 e. The van der Waals surface area contributed by atoms with Gasteiger partial charge >= 0.3 is 0 Å². The molecule has 0 amide bonds. The summed E-state index contributed by atoms with van der Waals surface area (Å²) < 4.78 is 0. The van der Waals surface area contributed by atoms with E-state index in [9.17, 15) is 0 Å². The molecule has 0 aliphatic carbocycles. The molecular weight excluding hydrogens is 292 g/mol. The molecule has 2 rings (SSSR count). The second kappa shape index (κ2) is 7.22. The lowest BCUT2D eigenvalue weighted by Gasteiger charge is -2.07. The summed E-state index contributed by atoms with van der Waals surface area (Å²) in [4.78, 5) is 0. The highest BCUT2D eigenvalue weighted by atomic mass is 35.5. The molecule has 0 aromatic heterocycles. The van der Waals surface area contributed by atoms with Crippen LogP contribution in [0, 0.1) is 0 Å². The Hall–Kier alpha value is -1.65. The van der Waals surface area contributed by atoms with Crippen LogP contribution >= 0.6 is 23.4 Å². The van der Waals surface area contributed by atoms with Crippen molar-refractivity contribution in [1.82, 2.24) is 0 Å². The number of nitrogens with two attached hydrogens (primary N) is 1. The number of halogens is 1. The molecule has 0 spiro atoms. The van der Waals surface area contributed by atoms with Gasteiger partial charge in [-0.05, 0) is 17.2 Å². The molecule has 2 aromatic carbocycles. The lowest BCUT2D eigenvalue weighted by Crippen LogP contribution is -2.12. The number of thioether (sulfide) groups is 1. The zero-order chi connectivity index (χ0) is 14.4. The average molecular weight is 307 g/mol. The monoisotopic (exact) mass is 306 g/mol. The lowest BCUT2D eigenvalue weighted by molar-refractivity contribution is 0.318. The third-order valence-electron chi connectivity index (χ3n) is 2.83. The topological polar surface area (TPSA) is 58.6 Å². The molecule has 3 nitrogen and oxygen atoms in total. The minimum atomic E-state index is 0.0652. The van der Waals surface area contributed by atoms with Crippen LogP contribution in [0.3, 0.4) is 0 Å². The molecule has 0 heterocycles. The van der Waals surface area contributed by atoms with Crippen LogP contribution in [-0.4, -0.2) is 11.0 Å². The molecule has 0 bridgehead atoms. The molecule has 0 fully saturated rings. The summed E-state index contributed by atoms with van der Waals surface area (Å²) in [7, 11) is 0. The number of amidine groups is 1. The van der Waals surface area contributed by atoms with Crippen molar-refractivity contribution in [3.8, 4) is 0 Å². The lowest BCUT2D eigenvalue weighted by atomic mass is 10.1. The molecule has 0 radical (unpaired) electrons. The van der Waals surface area contributed by atoms with Crippen LogP contribution in [0.2, 0.25) is 5.02 Å². The maximum absolute atomic E-state index is 8.63. The Bertz CT molecular complexity index is 602. The van der Waals surface area contributed by atoms with Crippen molar-refractivity contribution < 1.29 is 5.21 Å². The highest BCUT2D eigenvalue weighted by Gasteiger charge is 2.05. The Morgan fingerprint density at radius 2 is 1.90 bits per heavy atom. The predicted octanol–water partition coefficient (Wildman–Crippen LogP) is 3.87. The fourth-order valence-electron chi connectivity index (χ4n) is 1.73. The summed E-state index contributed by atoms with van der Waals surface area (Å²) in [5.41, 5.74) is 8.48. The standard InChI is InChI=1S/C15H15ClN2OS/c16-14-8-12(15(17)18-19)6-7-13(14)10-20-9-11-4-2-1-3-5-11/h1-8,19H,9-10H2,(H2,17,18). The van der Waals surface area contributed by atoms with Crippen LogP contribution in [-0.2, 0) is 11.5 Å². The first-order valence-corrected chi connectivity index (χ1v) is 7.62. The Balaban J connectivity index is 1.97. The molecule has 0 aliphatic rings. The van der Waals surface area contributed by atoms with E-state index in [1.807, 2.05) is 24.3 Å². The maximum Gasteiger partial charge on any atom is 0.170 e. The van der Waals surface area contributed by atoms with Gasteiger partial charge in [-0.15, -0.1) is 0 Å². The van der Waals surface area contributed by atoms with Gasteiger partial charge in [0.15, 0.2) is 5.84 Å². The van der Waals surface area contributed by atoms with Crippen molar-refractivity contribution in [1.29, 1.82) is 0 Å². The highest BCUT2D eigenvalue weighted by molar-refractivity contribution is 7.97. The second-order valence-corrected chi connectivity index (χ2v) is 5.66. The van der Waals surface area contributed by atoms with Crippen molar-refractivity contribution >= 4 is 29.2 Å². The Morgan fingerprint density at radius 1 is 1.15 bits per heavy atom. The first kappa shape index (κ1) is 14.8. The van der Waals surface area contributed by atoms with E-state index >= 15 is 0 Å². The molecule has 104 valence electrons. The summed E-state index contributed by atoms with van der Waals surface area (Å²) >= 11 is 8.00. The average Bonchev–Trinajstić information content (AvgIpc) is 2.49. The van der Waals surface area contributed by atoms with Crippen LogP contribution in [0.4, 0.5) is 0 Å². The van der Waals surface area contributed by atoms with Crippen molar-refractivity contribution in [2.24, 2.45) is 10.9 Å². The number of rotatable bonds is 5. The van der Waals surface area contributed by atoms with Gasteiger partial charge in [0.05, 0.1) is 0 Å². The number of hydrogen-bond acceptors (Lipinski definition) is 3. The molecule has 2 aromatic rings.